The average Bonchev–Trinajstić information content (AvgIpc) is 3.79. The van der Waals surface area contributed by atoms with E-state index in [1.807, 2.05) is 40.0 Å². The summed E-state index contributed by atoms with van der Waals surface area (Å²) in [5.74, 6) is 1.84. The highest BCUT2D eigenvalue weighted by Crippen LogP contribution is 2.38. The molecule has 0 radical (unpaired) electrons. The summed E-state index contributed by atoms with van der Waals surface area (Å²) in [5, 5.41) is 7.42. The van der Waals surface area contributed by atoms with Gasteiger partial charge in [0.1, 0.15) is 11.9 Å². The van der Waals surface area contributed by atoms with Crippen molar-refractivity contribution in [2.45, 2.75) is 110 Å². The molecule has 47 heavy (non-hydrogen) atoms. The molecular weight excluding hydrogens is 588 g/mol. The minimum atomic E-state index is -0.372. The number of carbonyl (C=O) groups is 2. The topological polar surface area (TPSA) is 85.7 Å². The minimum absolute atomic E-state index is 0.0309. The standard InChI is InChI=1S/C39H54N4O4/c1-26(2)37(46-6)21-10-28(5)30-13-11-29(12-14-30)24-42(38(44)31-15-19-36(20-16-31)47-39(45)41-27(3)4)35-9-7-8-32(22-35)33-23-40-43(25-33)34-17-18-34/h7-10,21-23,25,27,29-31,34,36H,5,11-20,24H2,1-4,6H3,(H,41,45)/b21-10-. The van der Waals surface area contributed by atoms with Crippen molar-refractivity contribution in [2.75, 3.05) is 18.6 Å². The first-order valence-electron chi connectivity index (χ1n) is 17.6. The lowest BCUT2D eigenvalue weighted by Gasteiger charge is -2.36. The van der Waals surface area contributed by atoms with Crippen LogP contribution in [0.1, 0.15) is 97.9 Å². The van der Waals surface area contributed by atoms with Crippen molar-refractivity contribution < 1.29 is 19.1 Å². The molecule has 0 aliphatic heterocycles. The first kappa shape index (κ1) is 34.5. The zero-order valence-electron chi connectivity index (χ0n) is 29.0. The number of nitrogens with zero attached hydrogens (tertiary/aromatic N) is 3. The predicted octanol–water partition coefficient (Wildman–Crippen LogP) is 8.77. The van der Waals surface area contributed by atoms with Crippen molar-refractivity contribution >= 4 is 17.7 Å². The molecule has 1 heterocycles. The van der Waals surface area contributed by atoms with Crippen LogP contribution in [0.15, 0.2) is 72.3 Å². The Kier molecular flexibility index (Phi) is 11.6. The number of rotatable bonds is 12. The smallest absolute Gasteiger partial charge is 0.407 e. The Morgan fingerprint density at radius 2 is 1.70 bits per heavy atom. The maximum atomic E-state index is 14.4. The molecule has 3 aliphatic carbocycles. The molecule has 0 spiro atoms. The van der Waals surface area contributed by atoms with E-state index in [4.69, 9.17) is 9.47 Å². The zero-order valence-corrected chi connectivity index (χ0v) is 29.0. The van der Waals surface area contributed by atoms with Crippen molar-refractivity contribution in [2.24, 2.45) is 17.8 Å². The molecule has 0 bridgehead atoms. The number of alkyl carbamates (subject to hydrolysis) is 1. The summed E-state index contributed by atoms with van der Waals surface area (Å²) >= 11 is 0. The molecule has 1 aromatic carbocycles. The van der Waals surface area contributed by atoms with Crippen LogP contribution in [0.25, 0.3) is 11.1 Å². The summed E-state index contributed by atoms with van der Waals surface area (Å²) in [6.07, 6.45) is 17.2. The molecule has 8 nitrogen and oxygen atoms in total. The van der Waals surface area contributed by atoms with Crippen molar-refractivity contribution in [1.29, 1.82) is 0 Å². The third-order valence-corrected chi connectivity index (χ3v) is 9.96. The van der Waals surface area contributed by atoms with Crippen LogP contribution in [0.3, 0.4) is 0 Å². The van der Waals surface area contributed by atoms with E-state index in [0.717, 1.165) is 72.2 Å². The molecule has 254 valence electrons. The number of amides is 2. The number of anilines is 1. The summed E-state index contributed by atoms with van der Waals surface area (Å²) in [6.45, 7) is 13.0. The van der Waals surface area contributed by atoms with Crippen LogP contribution in [-0.2, 0) is 14.3 Å². The fraction of sp³-hybridized carbons (Fsp3) is 0.564. The monoisotopic (exact) mass is 642 g/mol. The van der Waals surface area contributed by atoms with Crippen molar-refractivity contribution in [3.8, 4) is 11.1 Å². The molecular formula is C39H54N4O4. The van der Waals surface area contributed by atoms with Gasteiger partial charge in [-0.25, -0.2) is 4.79 Å². The number of methoxy groups -OCH3 is 1. The highest BCUT2D eigenvalue weighted by atomic mass is 16.6. The van der Waals surface area contributed by atoms with Gasteiger partial charge >= 0.3 is 6.09 Å². The highest BCUT2D eigenvalue weighted by molar-refractivity contribution is 5.95. The van der Waals surface area contributed by atoms with Crippen LogP contribution < -0.4 is 10.2 Å². The Balaban J connectivity index is 1.27. The van der Waals surface area contributed by atoms with Gasteiger partial charge < -0.3 is 19.7 Å². The number of hydrogen-bond donors (Lipinski definition) is 1. The van der Waals surface area contributed by atoms with Gasteiger partial charge in [0.15, 0.2) is 0 Å². The van der Waals surface area contributed by atoms with Crippen LogP contribution >= 0.6 is 0 Å². The second-order valence-corrected chi connectivity index (χ2v) is 14.3. The summed E-state index contributed by atoms with van der Waals surface area (Å²) < 4.78 is 13.2. The largest absolute Gasteiger partial charge is 0.497 e. The van der Waals surface area contributed by atoms with Gasteiger partial charge in [-0.3, -0.25) is 9.48 Å². The maximum Gasteiger partial charge on any atom is 0.407 e. The fourth-order valence-electron chi connectivity index (χ4n) is 7.00. The Labute approximate surface area is 281 Å². The first-order valence-corrected chi connectivity index (χ1v) is 17.6. The summed E-state index contributed by atoms with van der Waals surface area (Å²) in [4.78, 5) is 28.6. The van der Waals surface area contributed by atoms with Crippen LogP contribution in [-0.4, -0.2) is 47.6 Å². The molecule has 0 atom stereocenters. The molecule has 3 aliphatic rings. The molecule has 2 amide bonds. The Hall–Kier alpha value is -3.81. The van der Waals surface area contributed by atoms with Gasteiger partial charge in [0.05, 0.1) is 19.3 Å². The zero-order chi connectivity index (χ0) is 33.5. The van der Waals surface area contributed by atoms with Gasteiger partial charge in [0.2, 0.25) is 5.91 Å². The normalized spacial score (nSPS) is 22.9. The molecule has 1 N–H and O–H groups in total. The van der Waals surface area contributed by atoms with Crippen LogP contribution in [0, 0.1) is 17.8 Å². The van der Waals surface area contributed by atoms with Gasteiger partial charge in [0.25, 0.3) is 0 Å². The molecule has 5 rings (SSSR count). The van der Waals surface area contributed by atoms with Gasteiger partial charge in [0, 0.05) is 36.0 Å². The van der Waals surface area contributed by atoms with Crippen LogP contribution in [0.5, 0.6) is 0 Å². The lowest BCUT2D eigenvalue weighted by molar-refractivity contribution is -0.124. The molecule has 3 saturated carbocycles. The van der Waals surface area contributed by atoms with Gasteiger partial charge in [-0.15, -0.1) is 0 Å². The lowest BCUT2D eigenvalue weighted by atomic mass is 9.78. The summed E-state index contributed by atoms with van der Waals surface area (Å²) in [6, 6.07) is 8.96. The quantitative estimate of drug-likeness (QED) is 0.185. The Morgan fingerprint density at radius 1 is 1.00 bits per heavy atom. The third kappa shape index (κ3) is 9.39. The van der Waals surface area contributed by atoms with E-state index in [9.17, 15) is 9.59 Å². The average molecular weight is 643 g/mol. The SMILES string of the molecule is C=C(/C=C\C(OC)=C(C)C)C1CCC(CN(C(=O)C2CCC(OC(=O)NC(C)C)CC2)c2cccc(-c3cnn(C4CC4)c3)c2)CC1. The molecule has 2 aromatic rings. The van der Waals surface area contributed by atoms with Crippen molar-refractivity contribution in [1.82, 2.24) is 15.1 Å². The number of aromatic nitrogens is 2. The van der Waals surface area contributed by atoms with E-state index in [-0.39, 0.29) is 30.1 Å². The predicted molar refractivity (Wildman–Crippen MR) is 188 cm³/mol. The van der Waals surface area contributed by atoms with E-state index >= 15 is 0 Å². The molecule has 0 unspecified atom stereocenters. The maximum absolute atomic E-state index is 14.4. The van der Waals surface area contributed by atoms with E-state index in [2.05, 4.69) is 63.1 Å². The number of benzene rings is 1. The Bertz CT molecular complexity index is 1450. The van der Waals surface area contributed by atoms with Crippen LogP contribution in [0.2, 0.25) is 0 Å². The number of allylic oxidation sites excluding steroid dienone is 4. The number of nitrogens with one attached hydrogen (secondary N) is 1. The van der Waals surface area contributed by atoms with E-state index in [1.54, 1.807) is 7.11 Å². The van der Waals surface area contributed by atoms with E-state index in [0.29, 0.717) is 37.3 Å². The number of hydrogen-bond acceptors (Lipinski definition) is 5. The van der Waals surface area contributed by atoms with E-state index < -0.39 is 0 Å². The first-order chi connectivity index (χ1) is 22.6. The summed E-state index contributed by atoms with van der Waals surface area (Å²) in [5.41, 5.74) is 5.40. The second-order valence-electron chi connectivity index (χ2n) is 14.3. The van der Waals surface area contributed by atoms with Gasteiger partial charge in [-0.1, -0.05) is 30.4 Å². The molecule has 0 saturated heterocycles. The minimum Gasteiger partial charge on any atom is -0.497 e. The third-order valence-electron chi connectivity index (χ3n) is 9.96. The lowest BCUT2D eigenvalue weighted by Crippen LogP contribution is -2.42. The van der Waals surface area contributed by atoms with Crippen molar-refractivity contribution in [3.05, 3.63) is 72.3 Å². The number of carbonyl (C=O) groups excluding carboxylic acids is 2. The molecule has 8 heteroatoms. The van der Waals surface area contributed by atoms with E-state index in [1.165, 1.54) is 12.8 Å². The highest BCUT2D eigenvalue weighted by Gasteiger charge is 2.34. The number of ether oxygens (including phenoxy) is 2. The molecule has 1 aromatic heterocycles. The van der Waals surface area contributed by atoms with Crippen molar-refractivity contribution in [3.63, 3.8) is 0 Å². The summed E-state index contributed by atoms with van der Waals surface area (Å²) in [7, 11) is 1.70. The fourth-order valence-corrected chi connectivity index (χ4v) is 7.00. The molecule has 3 fully saturated rings. The van der Waals surface area contributed by atoms with Gasteiger partial charge in [-0.05, 0) is 133 Å². The van der Waals surface area contributed by atoms with Gasteiger partial charge in [-0.2, -0.15) is 5.10 Å². The van der Waals surface area contributed by atoms with Crippen LogP contribution in [0.4, 0.5) is 10.5 Å². The second kappa shape index (κ2) is 15.9. The Morgan fingerprint density at radius 3 is 2.34 bits per heavy atom.